The first-order valence-corrected chi connectivity index (χ1v) is 14.3. The zero-order valence-electron chi connectivity index (χ0n) is 12.0. The van der Waals surface area contributed by atoms with Crippen molar-refractivity contribution >= 4 is 25.2 Å². The Morgan fingerprint density at radius 2 is 1.35 bits per heavy atom. The fraction of sp³-hybridized carbons (Fsp3) is 0.500. The molecule has 0 saturated heterocycles. The zero-order valence-corrected chi connectivity index (χ0v) is 15.0. The monoisotopic (exact) mass is 286 g/mol. The Labute approximate surface area is 110 Å². The molecule has 0 saturated carbocycles. The third-order valence-corrected chi connectivity index (χ3v) is 12.0. The highest BCUT2D eigenvalue weighted by Crippen LogP contribution is 2.22. The predicted octanol–water partition coefficient (Wildman–Crippen LogP) is 4.07. The maximum atomic E-state index is 6.31. The third kappa shape index (κ3) is 6.32. The average molecular weight is 287 g/mol. The normalized spacial score (nSPS) is 14.0. The Morgan fingerprint density at radius 3 is 1.65 bits per heavy atom. The van der Waals surface area contributed by atoms with Crippen LogP contribution in [0.5, 0.6) is 0 Å². The van der Waals surface area contributed by atoms with Gasteiger partial charge in [0.15, 0.2) is 8.32 Å². The number of rotatable bonds is 7. The Morgan fingerprint density at radius 1 is 0.882 bits per heavy atom. The molecule has 0 heterocycles. The van der Waals surface area contributed by atoms with Crippen LogP contribution in [0.3, 0.4) is 0 Å². The molecule has 0 N–H and O–H groups in total. The second-order valence-corrected chi connectivity index (χ2v) is 17.0. The van der Waals surface area contributed by atoms with Gasteiger partial charge in [-0.2, -0.15) is 0 Å². The molecule has 17 heavy (non-hydrogen) atoms. The van der Waals surface area contributed by atoms with Crippen molar-refractivity contribution in [2.24, 2.45) is 0 Å². The lowest BCUT2D eigenvalue weighted by atomic mass is 10.8. The van der Waals surface area contributed by atoms with E-state index in [0.717, 1.165) is 0 Å². The molecule has 98 valence electrons. The van der Waals surface area contributed by atoms with Crippen LogP contribution in [0.1, 0.15) is 6.92 Å². The standard InChI is InChI=1S/C12H26O2Si3/c1-9-12-17(10-2,11-3)14-16(7,8)13-15(4,5)6/h9-12H,2-3H2,1,4-8H3. The molecular formula is C12H26O2Si3. The van der Waals surface area contributed by atoms with Crippen LogP contribution in [0.2, 0.25) is 32.7 Å². The minimum absolute atomic E-state index is 1.57. The highest BCUT2D eigenvalue weighted by Gasteiger charge is 2.38. The van der Waals surface area contributed by atoms with Gasteiger partial charge in [-0.25, -0.2) is 0 Å². The van der Waals surface area contributed by atoms with Crippen molar-refractivity contribution < 1.29 is 8.23 Å². The minimum Gasteiger partial charge on any atom is -0.437 e. The van der Waals surface area contributed by atoms with Crippen LogP contribution >= 0.6 is 0 Å². The van der Waals surface area contributed by atoms with E-state index < -0.39 is 25.2 Å². The van der Waals surface area contributed by atoms with E-state index in [1.54, 1.807) is 0 Å². The summed E-state index contributed by atoms with van der Waals surface area (Å²) in [5.41, 5.74) is 5.90. The lowest BCUT2D eigenvalue weighted by Gasteiger charge is -2.36. The molecule has 0 amide bonds. The lowest BCUT2D eigenvalue weighted by molar-refractivity contribution is 0.402. The van der Waals surface area contributed by atoms with Gasteiger partial charge in [-0.15, -0.1) is 13.2 Å². The molecule has 0 atom stereocenters. The molecular weight excluding hydrogens is 260 g/mol. The first kappa shape index (κ1) is 16.8. The summed E-state index contributed by atoms with van der Waals surface area (Å²) in [7, 11) is -5.87. The van der Waals surface area contributed by atoms with Gasteiger partial charge in [0.1, 0.15) is 0 Å². The molecule has 0 aliphatic rings. The number of allylic oxidation sites excluding steroid dienone is 1. The molecule has 0 unspecified atom stereocenters. The first-order valence-electron chi connectivity index (χ1n) is 5.91. The Bertz CT molecular complexity index is 295. The Balaban J connectivity index is 4.99. The molecule has 5 heteroatoms. The quantitative estimate of drug-likeness (QED) is 0.657. The second kappa shape index (κ2) is 6.10. The van der Waals surface area contributed by atoms with Crippen molar-refractivity contribution in [1.82, 2.24) is 0 Å². The van der Waals surface area contributed by atoms with Gasteiger partial charge in [-0.1, -0.05) is 23.2 Å². The van der Waals surface area contributed by atoms with Gasteiger partial charge in [0.05, 0.1) is 0 Å². The van der Waals surface area contributed by atoms with Crippen molar-refractivity contribution in [3.05, 3.63) is 36.3 Å². The van der Waals surface area contributed by atoms with Gasteiger partial charge in [0, 0.05) is 0 Å². The summed E-state index contributed by atoms with van der Waals surface area (Å²) in [6, 6.07) is 0. The zero-order chi connectivity index (χ0) is 13.7. The summed E-state index contributed by atoms with van der Waals surface area (Å²) < 4.78 is 12.5. The topological polar surface area (TPSA) is 18.5 Å². The van der Waals surface area contributed by atoms with Crippen LogP contribution < -0.4 is 0 Å². The van der Waals surface area contributed by atoms with Crippen LogP contribution in [0, 0.1) is 0 Å². The molecule has 0 radical (unpaired) electrons. The molecule has 0 aromatic heterocycles. The SMILES string of the molecule is C=C[Si](C=C)(C=CC)O[Si](C)(C)O[Si](C)(C)C. The number of hydrogen-bond donors (Lipinski definition) is 0. The summed E-state index contributed by atoms with van der Waals surface area (Å²) in [6.07, 6.45) is 2.01. The van der Waals surface area contributed by atoms with Gasteiger partial charge < -0.3 is 8.23 Å². The van der Waals surface area contributed by atoms with Gasteiger partial charge in [0.2, 0.25) is 0 Å². The molecule has 0 bridgehead atoms. The van der Waals surface area contributed by atoms with E-state index in [-0.39, 0.29) is 0 Å². The highest BCUT2D eigenvalue weighted by molar-refractivity contribution is 6.95. The molecule has 0 rings (SSSR count). The molecule has 0 fully saturated rings. The molecule has 0 aromatic rings. The van der Waals surface area contributed by atoms with Gasteiger partial charge in [0.25, 0.3) is 8.32 Å². The molecule has 0 aliphatic heterocycles. The van der Waals surface area contributed by atoms with E-state index in [9.17, 15) is 0 Å². The predicted molar refractivity (Wildman–Crippen MR) is 84.0 cm³/mol. The van der Waals surface area contributed by atoms with E-state index >= 15 is 0 Å². The Kier molecular flexibility index (Phi) is 6.03. The largest absolute Gasteiger partial charge is 0.437 e. The smallest absolute Gasteiger partial charge is 0.311 e. The van der Waals surface area contributed by atoms with Crippen LogP contribution in [0.25, 0.3) is 0 Å². The number of hydrogen-bond acceptors (Lipinski definition) is 2. The molecule has 0 spiro atoms. The maximum Gasteiger partial charge on any atom is 0.311 e. The summed E-state index contributed by atoms with van der Waals surface area (Å²) in [6.45, 7) is 20.5. The van der Waals surface area contributed by atoms with Crippen molar-refractivity contribution in [1.29, 1.82) is 0 Å². The van der Waals surface area contributed by atoms with Gasteiger partial charge >= 0.3 is 8.56 Å². The maximum absolute atomic E-state index is 6.31. The van der Waals surface area contributed by atoms with Crippen LogP contribution in [0.4, 0.5) is 0 Å². The average Bonchev–Trinajstić information content (AvgIpc) is 2.12. The molecule has 0 aromatic carbocycles. The van der Waals surface area contributed by atoms with Crippen LogP contribution in [0.15, 0.2) is 36.3 Å². The fourth-order valence-corrected chi connectivity index (χ4v) is 13.5. The van der Waals surface area contributed by atoms with Gasteiger partial charge in [-0.05, 0) is 39.7 Å². The van der Waals surface area contributed by atoms with Crippen molar-refractivity contribution in [2.75, 3.05) is 0 Å². The second-order valence-electron chi connectivity index (χ2n) is 5.48. The van der Waals surface area contributed by atoms with Gasteiger partial charge in [-0.3, -0.25) is 0 Å². The summed E-state index contributed by atoms with van der Waals surface area (Å²) in [5, 5.41) is 0. The first-order chi connectivity index (χ1) is 7.60. The molecule has 2 nitrogen and oxygen atoms in total. The van der Waals surface area contributed by atoms with E-state index in [4.69, 9.17) is 8.23 Å². The lowest BCUT2D eigenvalue weighted by Crippen LogP contribution is -2.52. The minimum atomic E-state index is -2.17. The van der Waals surface area contributed by atoms with Crippen molar-refractivity contribution in [3.8, 4) is 0 Å². The molecule has 0 aliphatic carbocycles. The highest BCUT2D eigenvalue weighted by atomic mass is 28.5. The fourth-order valence-electron chi connectivity index (χ4n) is 1.78. The Hall–Kier alpha value is -0.209. The van der Waals surface area contributed by atoms with Crippen LogP contribution in [-0.4, -0.2) is 25.2 Å². The van der Waals surface area contributed by atoms with E-state index in [2.05, 4.69) is 51.6 Å². The summed E-state index contributed by atoms with van der Waals surface area (Å²) in [4.78, 5) is 0. The van der Waals surface area contributed by atoms with Crippen molar-refractivity contribution in [3.63, 3.8) is 0 Å². The third-order valence-electron chi connectivity index (χ3n) is 2.04. The van der Waals surface area contributed by atoms with E-state index in [1.807, 2.05) is 24.4 Å². The summed E-state index contributed by atoms with van der Waals surface area (Å²) >= 11 is 0. The van der Waals surface area contributed by atoms with E-state index in [1.165, 1.54) is 0 Å². The van der Waals surface area contributed by atoms with Crippen LogP contribution in [-0.2, 0) is 8.23 Å². The van der Waals surface area contributed by atoms with Crippen molar-refractivity contribution in [2.45, 2.75) is 39.7 Å². The van der Waals surface area contributed by atoms with E-state index in [0.29, 0.717) is 0 Å². The summed E-state index contributed by atoms with van der Waals surface area (Å²) in [5.74, 6) is 0.